The zero-order chi connectivity index (χ0) is 15.0. The molecule has 0 aliphatic rings. The summed E-state index contributed by atoms with van der Waals surface area (Å²) in [6.45, 7) is -0.991. The highest BCUT2D eigenvalue weighted by atomic mass is 19.4. The van der Waals surface area contributed by atoms with Crippen molar-refractivity contribution in [2.24, 2.45) is 5.73 Å². The molecule has 0 fully saturated rings. The summed E-state index contributed by atoms with van der Waals surface area (Å²) in [6, 6.07) is 6.93. The van der Waals surface area contributed by atoms with Gasteiger partial charge in [0.25, 0.3) is 5.91 Å². The number of nitrogens with two attached hydrogens (primary N) is 1. The topological polar surface area (TPSA) is 64.4 Å². The van der Waals surface area contributed by atoms with E-state index in [1.807, 2.05) is 6.07 Å². The van der Waals surface area contributed by atoms with Gasteiger partial charge in [-0.2, -0.15) is 13.2 Å². The Morgan fingerprint density at radius 2 is 2.10 bits per heavy atom. The number of rotatable bonds is 7. The molecule has 20 heavy (non-hydrogen) atoms. The number of carbonyl (C=O) groups is 1. The Morgan fingerprint density at radius 3 is 2.75 bits per heavy atom. The van der Waals surface area contributed by atoms with Crippen molar-refractivity contribution in [3.8, 4) is 0 Å². The van der Waals surface area contributed by atoms with Gasteiger partial charge in [-0.25, -0.2) is 0 Å². The number of alkyl halides is 3. The fourth-order valence-electron chi connectivity index (χ4n) is 1.56. The molecule has 1 rings (SSSR count). The lowest BCUT2D eigenvalue weighted by molar-refractivity contribution is -0.173. The van der Waals surface area contributed by atoms with Gasteiger partial charge in [-0.3, -0.25) is 4.79 Å². The van der Waals surface area contributed by atoms with E-state index in [1.165, 1.54) is 0 Å². The summed E-state index contributed by atoms with van der Waals surface area (Å²) in [5, 5.41) is 2.49. The molecule has 4 nitrogen and oxygen atoms in total. The molecule has 0 saturated carbocycles. The third-order valence-corrected chi connectivity index (χ3v) is 2.42. The lowest BCUT2D eigenvalue weighted by Gasteiger charge is -2.09. The van der Waals surface area contributed by atoms with E-state index in [1.54, 1.807) is 18.2 Å². The van der Waals surface area contributed by atoms with E-state index >= 15 is 0 Å². The highest BCUT2D eigenvalue weighted by Crippen LogP contribution is 2.14. The van der Waals surface area contributed by atoms with Crippen LogP contribution in [0.2, 0.25) is 0 Å². The van der Waals surface area contributed by atoms with Gasteiger partial charge in [0.2, 0.25) is 0 Å². The van der Waals surface area contributed by atoms with Crippen LogP contribution < -0.4 is 11.1 Å². The van der Waals surface area contributed by atoms with Gasteiger partial charge in [-0.1, -0.05) is 12.1 Å². The van der Waals surface area contributed by atoms with E-state index < -0.39 is 12.8 Å². The fourth-order valence-corrected chi connectivity index (χ4v) is 1.56. The lowest BCUT2D eigenvalue weighted by atomic mass is 10.1. The molecule has 112 valence electrons. The minimum absolute atomic E-state index is 0.0238. The molecule has 0 aliphatic carbocycles. The van der Waals surface area contributed by atoms with Gasteiger partial charge in [0.05, 0.1) is 6.61 Å². The van der Waals surface area contributed by atoms with Crippen molar-refractivity contribution in [3.63, 3.8) is 0 Å². The minimum Gasteiger partial charge on any atom is -0.370 e. The lowest BCUT2D eigenvalue weighted by Crippen LogP contribution is -2.29. The van der Waals surface area contributed by atoms with Crippen LogP contribution in [0.15, 0.2) is 24.3 Å². The Kier molecular flexibility index (Phi) is 6.47. The molecule has 1 aromatic carbocycles. The van der Waals surface area contributed by atoms with E-state index in [4.69, 9.17) is 5.73 Å². The van der Waals surface area contributed by atoms with Crippen molar-refractivity contribution in [1.82, 2.24) is 5.32 Å². The van der Waals surface area contributed by atoms with Gasteiger partial charge in [0.1, 0.15) is 6.61 Å². The molecule has 0 atom stereocenters. The molecule has 1 aromatic rings. The van der Waals surface area contributed by atoms with E-state index in [9.17, 15) is 18.0 Å². The van der Waals surface area contributed by atoms with Gasteiger partial charge in [0.15, 0.2) is 0 Å². The Labute approximate surface area is 115 Å². The summed E-state index contributed by atoms with van der Waals surface area (Å²) in [5.74, 6) is -0.348. The van der Waals surface area contributed by atoms with E-state index in [-0.39, 0.29) is 19.1 Å². The average molecular weight is 290 g/mol. The van der Waals surface area contributed by atoms with Crippen LogP contribution in [0.3, 0.4) is 0 Å². The second kappa shape index (κ2) is 7.86. The zero-order valence-electron chi connectivity index (χ0n) is 10.9. The Hall–Kier alpha value is -1.60. The normalized spacial score (nSPS) is 11.4. The number of halogens is 3. The van der Waals surface area contributed by atoms with Crippen LogP contribution in [-0.4, -0.2) is 38.4 Å². The Bertz CT molecular complexity index is 436. The van der Waals surface area contributed by atoms with Crippen LogP contribution in [0.25, 0.3) is 0 Å². The molecule has 0 heterocycles. The highest BCUT2D eigenvalue weighted by molar-refractivity contribution is 5.94. The van der Waals surface area contributed by atoms with Crippen molar-refractivity contribution < 1.29 is 22.7 Å². The van der Waals surface area contributed by atoms with Crippen LogP contribution in [0.1, 0.15) is 15.9 Å². The number of amides is 1. The molecular weight excluding hydrogens is 273 g/mol. The van der Waals surface area contributed by atoms with Crippen LogP contribution in [-0.2, 0) is 11.2 Å². The molecule has 1 amide bonds. The molecule has 7 heteroatoms. The summed E-state index contributed by atoms with van der Waals surface area (Å²) in [7, 11) is 0. The predicted octanol–water partition coefficient (Wildman–Crippen LogP) is 1.50. The highest BCUT2D eigenvalue weighted by Gasteiger charge is 2.27. The molecule has 3 N–H and O–H groups in total. The van der Waals surface area contributed by atoms with E-state index in [0.29, 0.717) is 18.5 Å². The molecule has 0 radical (unpaired) electrons. The maximum atomic E-state index is 11.8. The number of hydrogen-bond donors (Lipinski definition) is 2. The molecule has 0 spiro atoms. The maximum Gasteiger partial charge on any atom is 0.411 e. The van der Waals surface area contributed by atoms with Gasteiger partial charge in [-0.05, 0) is 30.7 Å². The monoisotopic (exact) mass is 290 g/mol. The summed E-state index contributed by atoms with van der Waals surface area (Å²) in [5.41, 5.74) is 6.82. The molecule has 0 bridgehead atoms. The summed E-state index contributed by atoms with van der Waals surface area (Å²) in [4.78, 5) is 11.7. The van der Waals surface area contributed by atoms with Crippen molar-refractivity contribution in [2.75, 3.05) is 26.3 Å². The molecule has 0 aromatic heterocycles. The average Bonchev–Trinajstić information content (AvgIpc) is 2.37. The number of nitrogens with one attached hydrogen (secondary N) is 1. The van der Waals surface area contributed by atoms with Crippen molar-refractivity contribution in [3.05, 3.63) is 35.4 Å². The first-order chi connectivity index (χ1) is 9.42. The summed E-state index contributed by atoms with van der Waals surface area (Å²) < 4.78 is 39.8. The fraction of sp³-hybridized carbons (Fsp3) is 0.462. The van der Waals surface area contributed by atoms with Crippen molar-refractivity contribution in [2.45, 2.75) is 12.6 Å². The van der Waals surface area contributed by atoms with Crippen LogP contribution in [0, 0.1) is 0 Å². The quantitative estimate of drug-likeness (QED) is 0.748. The van der Waals surface area contributed by atoms with Gasteiger partial charge >= 0.3 is 6.18 Å². The Balaban J connectivity index is 2.34. The number of ether oxygens (including phenoxy) is 1. The first kappa shape index (κ1) is 16.5. The Morgan fingerprint density at radius 1 is 1.35 bits per heavy atom. The van der Waals surface area contributed by atoms with Crippen LogP contribution in [0.5, 0.6) is 0 Å². The molecule has 0 saturated heterocycles. The van der Waals surface area contributed by atoms with Crippen molar-refractivity contribution >= 4 is 5.91 Å². The first-order valence-electron chi connectivity index (χ1n) is 6.14. The van der Waals surface area contributed by atoms with Gasteiger partial charge in [-0.15, -0.1) is 0 Å². The molecule has 0 unspecified atom stereocenters. The van der Waals surface area contributed by atoms with Crippen molar-refractivity contribution in [1.29, 1.82) is 0 Å². The maximum absolute atomic E-state index is 11.8. The van der Waals surface area contributed by atoms with E-state index in [0.717, 1.165) is 5.56 Å². The zero-order valence-corrected chi connectivity index (χ0v) is 10.9. The van der Waals surface area contributed by atoms with E-state index in [2.05, 4.69) is 10.1 Å². The number of hydrogen-bond acceptors (Lipinski definition) is 3. The van der Waals surface area contributed by atoms with Gasteiger partial charge < -0.3 is 15.8 Å². The number of benzene rings is 1. The third-order valence-electron chi connectivity index (χ3n) is 2.42. The predicted molar refractivity (Wildman–Crippen MR) is 68.4 cm³/mol. The van der Waals surface area contributed by atoms with Gasteiger partial charge in [0, 0.05) is 12.1 Å². The molecule has 0 aliphatic heterocycles. The minimum atomic E-state index is -4.35. The number of carbonyl (C=O) groups excluding carboxylic acids is 1. The summed E-state index contributed by atoms with van der Waals surface area (Å²) >= 11 is 0. The second-order valence-electron chi connectivity index (χ2n) is 4.16. The third kappa shape index (κ3) is 6.53. The van der Waals surface area contributed by atoms with Crippen LogP contribution >= 0.6 is 0 Å². The standard InChI is InChI=1S/C13H17F3N2O2/c14-13(15,16)9-20-7-6-18-12(19)11-3-1-2-10(8-11)4-5-17/h1-3,8H,4-7,9,17H2,(H,18,19). The van der Waals surface area contributed by atoms with Crippen LogP contribution in [0.4, 0.5) is 13.2 Å². The SMILES string of the molecule is NCCc1cccc(C(=O)NCCOCC(F)(F)F)c1. The molecular formula is C13H17F3N2O2. The largest absolute Gasteiger partial charge is 0.411 e. The summed E-state index contributed by atoms with van der Waals surface area (Å²) in [6.07, 6.45) is -3.68. The second-order valence-corrected chi connectivity index (χ2v) is 4.16. The smallest absolute Gasteiger partial charge is 0.370 e. The first-order valence-corrected chi connectivity index (χ1v) is 6.14.